The molecule has 3 amide bonds. The van der Waals surface area contributed by atoms with Crippen LogP contribution in [0, 0.1) is 24.7 Å². The second-order valence-electron chi connectivity index (χ2n) is 15.4. The first-order chi connectivity index (χ1) is 26.0. The number of carbonyl (C=O) groups is 4. The first kappa shape index (κ1) is 38.9. The average molecular weight is 802 g/mol. The molecule has 0 radical (unpaired) electrons. The molecule has 55 heavy (non-hydrogen) atoms. The number of nitrogens with one attached hydrogen (secondary N) is 2. The summed E-state index contributed by atoms with van der Waals surface area (Å²) in [5.41, 5.74) is -1.32. The number of allylic oxidation sites excluding steroid dienone is 1. The lowest BCUT2D eigenvalue weighted by molar-refractivity contribution is -0.145. The second kappa shape index (κ2) is 14.3. The number of rotatable bonds is 7. The van der Waals surface area contributed by atoms with Crippen LogP contribution in [-0.2, 0) is 30.6 Å². The van der Waals surface area contributed by atoms with Gasteiger partial charge in [0.2, 0.25) is 21.8 Å². The Kier molecular flexibility index (Phi) is 10.1. The molecular formula is C38H42F3N5O7S2. The number of aromatic nitrogens is 2. The van der Waals surface area contributed by atoms with Crippen LogP contribution in [0.2, 0.25) is 0 Å². The van der Waals surface area contributed by atoms with Crippen molar-refractivity contribution >= 4 is 56.3 Å². The minimum atomic E-state index is -4.66. The third kappa shape index (κ3) is 7.48. The summed E-state index contributed by atoms with van der Waals surface area (Å²) in [5, 5.41) is 4.27. The molecule has 3 fully saturated rings. The van der Waals surface area contributed by atoms with E-state index < -0.39 is 67.9 Å². The van der Waals surface area contributed by atoms with Gasteiger partial charge in [0.1, 0.15) is 28.3 Å². The van der Waals surface area contributed by atoms with Crippen LogP contribution in [0.3, 0.4) is 0 Å². The first-order valence-electron chi connectivity index (χ1n) is 18.4. The molecule has 0 unspecified atom stereocenters. The van der Waals surface area contributed by atoms with Crippen LogP contribution in [0.5, 0.6) is 5.75 Å². The number of halogens is 3. The number of pyridine rings is 1. The predicted octanol–water partition coefficient (Wildman–Crippen LogP) is 5.73. The van der Waals surface area contributed by atoms with Gasteiger partial charge >= 0.3 is 6.18 Å². The molecule has 294 valence electrons. The number of carbonyl (C=O) groups excluding carboxylic acids is 4. The number of thiazole rings is 1. The number of ether oxygens (including phenoxy) is 1. The molecule has 12 nitrogen and oxygen atoms in total. The Morgan fingerprint density at radius 3 is 2.60 bits per heavy atom. The van der Waals surface area contributed by atoms with Gasteiger partial charge in [-0.15, -0.1) is 11.3 Å². The molecule has 3 heterocycles. The third-order valence-corrected chi connectivity index (χ3v) is 14.6. The molecule has 3 aromatic rings. The van der Waals surface area contributed by atoms with Crippen molar-refractivity contribution in [2.24, 2.45) is 17.8 Å². The molecule has 5 atom stereocenters. The van der Waals surface area contributed by atoms with Gasteiger partial charge in [-0.25, -0.2) is 18.4 Å². The molecule has 7 rings (SSSR count). The van der Waals surface area contributed by atoms with Crippen molar-refractivity contribution in [2.45, 2.75) is 94.2 Å². The average Bonchev–Trinajstić information content (AvgIpc) is 3.99. The fourth-order valence-corrected chi connectivity index (χ4v) is 9.71. The number of benzene rings is 1. The van der Waals surface area contributed by atoms with Crippen molar-refractivity contribution < 1.29 is 45.5 Å². The zero-order valence-corrected chi connectivity index (χ0v) is 32.2. The molecule has 2 aromatic heterocycles. The number of aryl methyl sites for hydroxylation is 1. The standard InChI is InChI=1S/C38H42F3N5O7S2/c1-21-22(19-47)9-11-26-29(17-28(42-31(21)26)33-43-30(20-54-33)38(39,40)41)53-24-10-12-25-27(16-24)32(48)44-37(35(50)45-55(51,52)36(2)13-14-36)18-23(37)8-6-4-5-7-15-46(3)34(25)49/h6,8-9,11,17,19-20,23-25,27H,4-5,7,10,12-16,18H2,1-3H3,(H,44,48)(H,45,50)/b8-6-/t23-,24+,25-,27-,37-/m1/s1. The Morgan fingerprint density at radius 2 is 1.91 bits per heavy atom. The van der Waals surface area contributed by atoms with E-state index >= 15 is 0 Å². The molecule has 3 aliphatic carbocycles. The highest BCUT2D eigenvalue weighted by molar-refractivity contribution is 7.91. The minimum absolute atomic E-state index is 0.00737. The topological polar surface area (TPSA) is 165 Å². The Hall–Kier alpha value is -4.38. The number of hydrogen-bond acceptors (Lipinski definition) is 10. The number of sulfonamides is 1. The molecule has 2 N–H and O–H groups in total. The largest absolute Gasteiger partial charge is 0.490 e. The lowest BCUT2D eigenvalue weighted by Gasteiger charge is -2.37. The second-order valence-corrected chi connectivity index (χ2v) is 18.5. The number of hydrogen-bond donors (Lipinski definition) is 2. The Labute approximate surface area is 320 Å². The SMILES string of the molecule is Cc1c(C=O)ccc2c(O[C@H]3CC[C@H]4C(=O)N(C)CCCC/C=C\[C@@H]5C[C@@]5(C(=O)NS(=O)(=O)C5(C)CC5)NC(=O)[C@@H]4C3)cc(-c3nc(C(F)(F)F)cs3)nc12. The lowest BCUT2D eigenvalue weighted by Crippen LogP contribution is -2.56. The van der Waals surface area contributed by atoms with Crippen LogP contribution in [0.25, 0.3) is 21.6 Å². The highest BCUT2D eigenvalue weighted by Crippen LogP contribution is 2.48. The highest BCUT2D eigenvalue weighted by atomic mass is 32.2. The van der Waals surface area contributed by atoms with Crippen molar-refractivity contribution in [3.05, 3.63) is 52.6 Å². The van der Waals surface area contributed by atoms with E-state index in [1.165, 1.54) is 6.07 Å². The summed E-state index contributed by atoms with van der Waals surface area (Å²) in [6.07, 6.45) is 2.99. The van der Waals surface area contributed by atoms with Crippen LogP contribution in [-0.4, -0.2) is 77.3 Å². The molecule has 1 aromatic carbocycles. The first-order valence-corrected chi connectivity index (χ1v) is 20.7. The monoisotopic (exact) mass is 801 g/mol. The minimum Gasteiger partial charge on any atom is -0.490 e. The van der Waals surface area contributed by atoms with Crippen molar-refractivity contribution in [3.63, 3.8) is 0 Å². The highest BCUT2D eigenvalue weighted by Gasteiger charge is 2.63. The van der Waals surface area contributed by atoms with E-state index in [9.17, 15) is 40.8 Å². The predicted molar refractivity (Wildman–Crippen MR) is 198 cm³/mol. The van der Waals surface area contributed by atoms with Crippen molar-refractivity contribution in [3.8, 4) is 16.5 Å². The lowest BCUT2D eigenvalue weighted by atomic mass is 9.76. The maximum Gasteiger partial charge on any atom is 0.434 e. The fourth-order valence-electron chi connectivity index (χ4n) is 7.61. The zero-order valence-electron chi connectivity index (χ0n) is 30.6. The van der Waals surface area contributed by atoms with E-state index in [0.717, 1.165) is 29.6 Å². The van der Waals surface area contributed by atoms with Gasteiger partial charge in [0.15, 0.2) is 5.69 Å². The van der Waals surface area contributed by atoms with Crippen molar-refractivity contribution in [2.75, 3.05) is 13.6 Å². The van der Waals surface area contributed by atoms with Crippen LogP contribution >= 0.6 is 11.3 Å². The van der Waals surface area contributed by atoms with Crippen LogP contribution in [0.1, 0.15) is 86.3 Å². The van der Waals surface area contributed by atoms with E-state index in [1.807, 2.05) is 12.2 Å². The molecule has 0 bridgehead atoms. The van der Waals surface area contributed by atoms with Crippen LogP contribution in [0.15, 0.2) is 35.7 Å². The van der Waals surface area contributed by atoms with Gasteiger partial charge in [-0.05, 0) is 83.3 Å². The number of amides is 3. The van der Waals surface area contributed by atoms with Crippen molar-refractivity contribution in [1.29, 1.82) is 0 Å². The van der Waals surface area contributed by atoms with E-state index in [1.54, 1.807) is 37.9 Å². The molecular weight excluding hydrogens is 760 g/mol. The Morgan fingerprint density at radius 1 is 1.15 bits per heavy atom. The van der Waals surface area contributed by atoms with E-state index in [4.69, 9.17) is 4.74 Å². The van der Waals surface area contributed by atoms with E-state index in [0.29, 0.717) is 60.5 Å². The normalized spacial score (nSPS) is 27.6. The van der Waals surface area contributed by atoms with Gasteiger partial charge < -0.3 is 15.0 Å². The quantitative estimate of drug-likeness (QED) is 0.224. The van der Waals surface area contributed by atoms with Gasteiger partial charge in [0, 0.05) is 47.8 Å². The smallest absolute Gasteiger partial charge is 0.434 e. The summed E-state index contributed by atoms with van der Waals surface area (Å²) in [4.78, 5) is 63.9. The number of nitrogens with zero attached hydrogens (tertiary/aromatic N) is 3. The molecule has 4 aliphatic rings. The third-order valence-electron chi connectivity index (χ3n) is 11.6. The van der Waals surface area contributed by atoms with Gasteiger partial charge in [0.05, 0.1) is 22.3 Å². The molecule has 17 heteroatoms. The van der Waals surface area contributed by atoms with Crippen LogP contribution < -0.4 is 14.8 Å². The summed E-state index contributed by atoms with van der Waals surface area (Å²) in [6, 6.07) is 4.72. The van der Waals surface area contributed by atoms with E-state index in [2.05, 4.69) is 20.0 Å². The Balaban J connectivity index is 1.22. The van der Waals surface area contributed by atoms with Gasteiger partial charge in [-0.3, -0.25) is 23.9 Å². The van der Waals surface area contributed by atoms with Crippen LogP contribution in [0.4, 0.5) is 13.2 Å². The maximum absolute atomic E-state index is 14.4. The number of fused-ring (bicyclic) bond motifs is 3. The summed E-state index contributed by atoms with van der Waals surface area (Å²) >= 11 is 0.763. The fraction of sp³-hybridized carbons (Fsp3) is 0.526. The molecule has 0 saturated heterocycles. The summed E-state index contributed by atoms with van der Waals surface area (Å²) in [6.45, 7) is 3.73. The van der Waals surface area contributed by atoms with Gasteiger partial charge in [-0.1, -0.05) is 18.2 Å². The summed E-state index contributed by atoms with van der Waals surface area (Å²) in [7, 11) is -2.31. The molecule has 0 spiro atoms. The maximum atomic E-state index is 14.4. The van der Waals surface area contributed by atoms with E-state index in [-0.39, 0.29) is 41.6 Å². The number of aldehydes is 1. The van der Waals surface area contributed by atoms with Gasteiger partial charge in [0.25, 0.3) is 5.91 Å². The Bertz CT molecular complexity index is 2200. The zero-order chi connectivity index (χ0) is 39.5. The summed E-state index contributed by atoms with van der Waals surface area (Å²) < 4.78 is 74.4. The molecule has 3 saturated carbocycles. The summed E-state index contributed by atoms with van der Waals surface area (Å²) in [5.74, 6) is -3.53. The van der Waals surface area contributed by atoms with Gasteiger partial charge in [-0.2, -0.15) is 13.2 Å². The number of alkyl halides is 3. The van der Waals surface area contributed by atoms with Crippen molar-refractivity contribution in [1.82, 2.24) is 24.9 Å². The molecule has 1 aliphatic heterocycles.